The number of nitrogens with zero attached hydrogens (tertiary/aromatic N) is 2. The van der Waals surface area contributed by atoms with E-state index in [9.17, 15) is 4.79 Å². The number of aromatic amines is 1. The molecule has 1 N–H and O–H groups in total. The lowest BCUT2D eigenvalue weighted by Crippen LogP contribution is -2.10. The summed E-state index contributed by atoms with van der Waals surface area (Å²) in [6, 6.07) is 6.67. The van der Waals surface area contributed by atoms with Gasteiger partial charge in [-0.25, -0.2) is 4.98 Å². The van der Waals surface area contributed by atoms with Crippen LogP contribution in [0.3, 0.4) is 0 Å². The molecule has 0 saturated heterocycles. The van der Waals surface area contributed by atoms with Gasteiger partial charge in [-0.1, -0.05) is 29.3 Å². The average Bonchev–Trinajstić information content (AvgIpc) is 2.32. The highest BCUT2D eigenvalue weighted by atomic mass is 35.5. The van der Waals surface area contributed by atoms with E-state index in [1.54, 1.807) is 31.3 Å². The predicted octanol–water partition coefficient (Wildman–Crippen LogP) is 3.00. The maximum absolute atomic E-state index is 11.3. The summed E-state index contributed by atoms with van der Waals surface area (Å²) in [5, 5.41) is 1.06. The van der Waals surface area contributed by atoms with Crippen molar-refractivity contribution in [1.29, 1.82) is 0 Å². The van der Waals surface area contributed by atoms with Crippen molar-refractivity contribution < 1.29 is 0 Å². The third-order valence-corrected chi connectivity index (χ3v) is 3.04. The zero-order valence-corrected chi connectivity index (χ0v) is 11.7. The average molecular weight is 296 g/mol. The molecule has 0 saturated carbocycles. The minimum atomic E-state index is -0.187. The van der Waals surface area contributed by atoms with Gasteiger partial charge in [-0.05, 0) is 19.1 Å². The van der Waals surface area contributed by atoms with E-state index in [2.05, 4.69) is 15.0 Å². The molecular weight excluding hydrogens is 285 g/mol. The molecule has 1 aromatic carbocycles. The molecule has 2 aromatic rings. The zero-order chi connectivity index (χ0) is 13.8. The lowest BCUT2D eigenvalue weighted by Gasteiger charge is -2.01. The van der Waals surface area contributed by atoms with Gasteiger partial charge in [0.15, 0.2) is 0 Å². The highest BCUT2D eigenvalue weighted by molar-refractivity contribution is 6.38. The maximum atomic E-state index is 11.3. The topological polar surface area (TPSA) is 58.1 Å². The number of aryl methyl sites for hydroxylation is 1. The maximum Gasteiger partial charge on any atom is 0.251 e. The first-order chi connectivity index (χ1) is 9.06. The van der Waals surface area contributed by atoms with E-state index in [0.717, 1.165) is 0 Å². The van der Waals surface area contributed by atoms with Gasteiger partial charge in [-0.2, -0.15) is 0 Å². The number of halogens is 2. The molecule has 0 atom stereocenters. The number of aliphatic imine (C=N–C) groups is 1. The summed E-state index contributed by atoms with van der Waals surface area (Å²) >= 11 is 12.0. The Morgan fingerprint density at radius 3 is 2.68 bits per heavy atom. The fraction of sp³-hybridized carbons (Fsp3) is 0.154. The Labute approximate surface area is 120 Å². The molecular formula is C13H11Cl2N3O. The summed E-state index contributed by atoms with van der Waals surface area (Å²) in [4.78, 5) is 22.2. The lowest BCUT2D eigenvalue weighted by atomic mass is 10.2. The standard InChI is InChI=1S/C13H11Cl2N3O/c1-8-5-13(19)18-12(17-8)7-16-6-9-10(14)3-2-4-11(9)15/h2-6H,7H2,1H3,(H,17,18,19). The fourth-order valence-corrected chi connectivity index (χ4v) is 2.07. The third-order valence-electron chi connectivity index (χ3n) is 2.38. The Hall–Kier alpha value is -1.65. The minimum Gasteiger partial charge on any atom is -0.309 e. The van der Waals surface area contributed by atoms with Gasteiger partial charge >= 0.3 is 0 Å². The van der Waals surface area contributed by atoms with Crippen molar-refractivity contribution in [3.8, 4) is 0 Å². The fourth-order valence-electron chi connectivity index (χ4n) is 1.57. The summed E-state index contributed by atoms with van der Waals surface area (Å²) in [7, 11) is 0. The van der Waals surface area contributed by atoms with Crippen molar-refractivity contribution in [2.75, 3.05) is 0 Å². The molecule has 0 spiro atoms. The summed E-state index contributed by atoms with van der Waals surface area (Å²) in [5.41, 5.74) is 1.12. The van der Waals surface area contributed by atoms with Crippen molar-refractivity contribution in [2.45, 2.75) is 13.5 Å². The van der Waals surface area contributed by atoms with Gasteiger partial charge < -0.3 is 4.98 Å². The molecule has 0 radical (unpaired) electrons. The first-order valence-electron chi connectivity index (χ1n) is 5.57. The summed E-state index contributed by atoms with van der Waals surface area (Å²) in [6.07, 6.45) is 1.58. The second kappa shape index (κ2) is 5.99. The van der Waals surface area contributed by atoms with Crippen LogP contribution >= 0.6 is 23.2 Å². The molecule has 19 heavy (non-hydrogen) atoms. The van der Waals surface area contributed by atoms with Crippen LogP contribution in [0.2, 0.25) is 10.0 Å². The molecule has 0 unspecified atom stereocenters. The molecule has 0 aliphatic heterocycles. The second-order valence-electron chi connectivity index (χ2n) is 3.94. The zero-order valence-electron chi connectivity index (χ0n) is 10.2. The molecule has 0 aliphatic carbocycles. The van der Waals surface area contributed by atoms with Crippen LogP contribution in [-0.4, -0.2) is 16.2 Å². The van der Waals surface area contributed by atoms with Crippen LogP contribution in [0.5, 0.6) is 0 Å². The van der Waals surface area contributed by atoms with Crippen molar-refractivity contribution in [1.82, 2.24) is 9.97 Å². The van der Waals surface area contributed by atoms with E-state index >= 15 is 0 Å². The Bertz CT molecular complexity index is 660. The second-order valence-corrected chi connectivity index (χ2v) is 4.75. The van der Waals surface area contributed by atoms with Crippen LogP contribution in [-0.2, 0) is 6.54 Å². The molecule has 6 heteroatoms. The van der Waals surface area contributed by atoms with Gasteiger partial charge in [0.1, 0.15) is 5.82 Å². The summed E-state index contributed by atoms with van der Waals surface area (Å²) in [6.45, 7) is 2.02. The van der Waals surface area contributed by atoms with Crippen LogP contribution in [0.15, 0.2) is 34.1 Å². The normalized spacial score (nSPS) is 11.1. The van der Waals surface area contributed by atoms with Crippen LogP contribution in [0, 0.1) is 6.92 Å². The lowest BCUT2D eigenvalue weighted by molar-refractivity contribution is 0.878. The molecule has 1 aromatic heterocycles. The molecule has 0 bridgehead atoms. The highest BCUT2D eigenvalue weighted by Gasteiger charge is 2.02. The monoisotopic (exact) mass is 295 g/mol. The first kappa shape index (κ1) is 13.8. The number of benzene rings is 1. The summed E-state index contributed by atoms with van der Waals surface area (Å²) in [5.74, 6) is 0.504. The SMILES string of the molecule is Cc1cc(=O)[nH]c(CN=Cc2c(Cl)cccc2Cl)n1. The molecule has 1 heterocycles. The molecule has 98 valence electrons. The van der Waals surface area contributed by atoms with Crippen molar-refractivity contribution in [3.05, 3.63) is 61.7 Å². The Balaban J connectivity index is 2.18. The van der Waals surface area contributed by atoms with E-state index < -0.39 is 0 Å². The van der Waals surface area contributed by atoms with Gasteiger partial charge in [-0.15, -0.1) is 0 Å². The van der Waals surface area contributed by atoms with Gasteiger partial charge in [0, 0.05) is 23.5 Å². The van der Waals surface area contributed by atoms with Crippen molar-refractivity contribution in [2.24, 2.45) is 4.99 Å². The molecule has 0 fully saturated rings. The van der Waals surface area contributed by atoms with Crippen molar-refractivity contribution >= 4 is 29.4 Å². The quantitative estimate of drug-likeness (QED) is 0.885. The number of aromatic nitrogens is 2. The molecule has 0 aliphatic rings. The van der Waals surface area contributed by atoms with E-state index in [4.69, 9.17) is 23.2 Å². The number of H-pyrrole nitrogens is 1. The number of hydrogen-bond acceptors (Lipinski definition) is 3. The Kier molecular flexibility index (Phi) is 4.35. The number of rotatable bonds is 3. The smallest absolute Gasteiger partial charge is 0.251 e. The van der Waals surface area contributed by atoms with Gasteiger partial charge in [0.25, 0.3) is 5.56 Å². The number of nitrogens with one attached hydrogen (secondary N) is 1. The summed E-state index contributed by atoms with van der Waals surface area (Å²) < 4.78 is 0. The van der Waals surface area contributed by atoms with Crippen molar-refractivity contribution in [3.63, 3.8) is 0 Å². The van der Waals surface area contributed by atoms with Crippen LogP contribution in [0.25, 0.3) is 0 Å². The molecule has 2 rings (SSSR count). The van der Waals surface area contributed by atoms with E-state index in [1.165, 1.54) is 6.07 Å². The third kappa shape index (κ3) is 3.66. The largest absolute Gasteiger partial charge is 0.309 e. The van der Waals surface area contributed by atoms with Gasteiger partial charge in [0.2, 0.25) is 0 Å². The van der Waals surface area contributed by atoms with E-state index in [1.807, 2.05) is 0 Å². The highest BCUT2D eigenvalue weighted by Crippen LogP contribution is 2.22. The van der Waals surface area contributed by atoms with E-state index in [0.29, 0.717) is 27.1 Å². The van der Waals surface area contributed by atoms with E-state index in [-0.39, 0.29) is 12.1 Å². The molecule has 4 nitrogen and oxygen atoms in total. The van der Waals surface area contributed by atoms with Gasteiger partial charge in [-0.3, -0.25) is 9.79 Å². The van der Waals surface area contributed by atoms with Gasteiger partial charge in [0.05, 0.1) is 16.6 Å². The minimum absolute atomic E-state index is 0.187. The van der Waals surface area contributed by atoms with Crippen LogP contribution in [0.4, 0.5) is 0 Å². The molecule has 0 amide bonds. The Morgan fingerprint density at radius 1 is 1.37 bits per heavy atom. The van der Waals surface area contributed by atoms with Crippen LogP contribution < -0.4 is 5.56 Å². The Morgan fingerprint density at radius 2 is 2.05 bits per heavy atom. The number of hydrogen-bond donors (Lipinski definition) is 1. The van der Waals surface area contributed by atoms with Crippen LogP contribution in [0.1, 0.15) is 17.1 Å². The first-order valence-corrected chi connectivity index (χ1v) is 6.32. The predicted molar refractivity (Wildman–Crippen MR) is 77.4 cm³/mol.